The van der Waals surface area contributed by atoms with Crippen molar-refractivity contribution in [2.45, 2.75) is 24.3 Å². The SMILES string of the molecule is CCC1C(=O)NCCN1S(=O)(=O)c1cccnc1C#N. The third-order valence-electron chi connectivity index (χ3n) is 3.13. The maximum atomic E-state index is 12.6. The van der Waals surface area contributed by atoms with Gasteiger partial charge in [0.1, 0.15) is 17.0 Å². The maximum absolute atomic E-state index is 12.6. The summed E-state index contributed by atoms with van der Waals surface area (Å²) < 4.78 is 26.4. The Kier molecular flexibility index (Phi) is 4.01. The van der Waals surface area contributed by atoms with Crippen molar-refractivity contribution in [3.05, 3.63) is 24.0 Å². The fraction of sp³-hybridized carbons (Fsp3) is 0.417. The lowest BCUT2D eigenvalue weighted by molar-refractivity contribution is -0.126. The molecule has 1 atom stereocenters. The molecule has 2 rings (SSSR count). The molecule has 1 fully saturated rings. The van der Waals surface area contributed by atoms with Gasteiger partial charge < -0.3 is 5.32 Å². The van der Waals surface area contributed by atoms with E-state index in [1.165, 1.54) is 18.3 Å². The van der Waals surface area contributed by atoms with Gasteiger partial charge >= 0.3 is 0 Å². The summed E-state index contributed by atoms with van der Waals surface area (Å²) in [6.45, 7) is 2.19. The van der Waals surface area contributed by atoms with Gasteiger partial charge in [0.25, 0.3) is 0 Å². The molecule has 2 heterocycles. The number of nitrogens with zero attached hydrogens (tertiary/aromatic N) is 3. The van der Waals surface area contributed by atoms with Crippen molar-refractivity contribution in [2.24, 2.45) is 0 Å². The second-order valence-corrected chi connectivity index (χ2v) is 6.15. The Bertz CT molecular complexity index is 666. The molecule has 1 aliphatic heterocycles. The number of carbonyl (C=O) groups excluding carboxylic acids is 1. The molecule has 106 valence electrons. The number of piperazine rings is 1. The largest absolute Gasteiger partial charge is 0.353 e. The number of rotatable bonds is 3. The molecule has 0 aromatic carbocycles. The van der Waals surface area contributed by atoms with Crippen LogP contribution in [0.1, 0.15) is 19.0 Å². The summed E-state index contributed by atoms with van der Waals surface area (Å²) in [5, 5.41) is 11.6. The van der Waals surface area contributed by atoms with Gasteiger partial charge in [0.05, 0.1) is 0 Å². The lowest BCUT2D eigenvalue weighted by Crippen LogP contribution is -2.56. The summed E-state index contributed by atoms with van der Waals surface area (Å²) in [5.41, 5.74) is -0.159. The normalized spacial score (nSPS) is 20.2. The summed E-state index contributed by atoms with van der Waals surface area (Å²) in [7, 11) is -3.91. The highest BCUT2D eigenvalue weighted by Crippen LogP contribution is 2.22. The Morgan fingerprint density at radius 1 is 1.60 bits per heavy atom. The molecule has 0 spiro atoms. The van der Waals surface area contributed by atoms with Gasteiger partial charge in [0.15, 0.2) is 5.69 Å². The van der Waals surface area contributed by atoms with E-state index in [9.17, 15) is 13.2 Å². The molecule has 1 N–H and O–H groups in total. The van der Waals surface area contributed by atoms with E-state index in [4.69, 9.17) is 5.26 Å². The van der Waals surface area contributed by atoms with Crippen molar-refractivity contribution in [3.63, 3.8) is 0 Å². The molecule has 20 heavy (non-hydrogen) atoms. The third-order valence-corrected chi connectivity index (χ3v) is 5.07. The average molecular weight is 294 g/mol. The highest BCUT2D eigenvalue weighted by molar-refractivity contribution is 7.89. The standard InChI is InChI=1S/C12H14N4O3S/c1-2-10-12(17)15-6-7-16(10)20(18,19)11-4-3-5-14-9(11)8-13/h3-5,10H,2,6-7H2,1H3,(H,15,17). The number of aromatic nitrogens is 1. The van der Waals surface area contributed by atoms with Gasteiger partial charge in [0.2, 0.25) is 15.9 Å². The molecule has 1 unspecified atom stereocenters. The summed E-state index contributed by atoms with van der Waals surface area (Å²) in [6, 6.07) is 3.81. The van der Waals surface area contributed by atoms with Gasteiger partial charge in [-0.05, 0) is 18.6 Å². The first kappa shape index (κ1) is 14.4. The summed E-state index contributed by atoms with van der Waals surface area (Å²) in [5.74, 6) is -0.315. The van der Waals surface area contributed by atoms with Crippen LogP contribution in [-0.4, -0.2) is 42.7 Å². The van der Waals surface area contributed by atoms with Crippen LogP contribution in [0.25, 0.3) is 0 Å². The fourth-order valence-corrected chi connectivity index (χ4v) is 3.94. The third kappa shape index (κ3) is 2.37. The van der Waals surface area contributed by atoms with Crippen LogP contribution in [-0.2, 0) is 14.8 Å². The first-order valence-corrected chi connectivity index (χ1v) is 7.61. The summed E-state index contributed by atoms with van der Waals surface area (Å²) in [6.07, 6.45) is 1.73. The van der Waals surface area contributed by atoms with E-state index in [-0.39, 0.29) is 29.6 Å². The van der Waals surface area contributed by atoms with Crippen LogP contribution in [0.2, 0.25) is 0 Å². The maximum Gasteiger partial charge on any atom is 0.246 e. The number of sulfonamides is 1. The average Bonchev–Trinajstić information content (AvgIpc) is 2.46. The van der Waals surface area contributed by atoms with E-state index in [1.54, 1.807) is 13.0 Å². The van der Waals surface area contributed by atoms with Gasteiger partial charge in [-0.2, -0.15) is 9.57 Å². The Hall–Kier alpha value is -1.98. The Labute approximate surface area is 117 Å². The zero-order valence-electron chi connectivity index (χ0n) is 10.9. The van der Waals surface area contributed by atoms with Crippen LogP contribution in [0.4, 0.5) is 0 Å². The number of nitriles is 1. The number of carbonyl (C=O) groups is 1. The van der Waals surface area contributed by atoms with E-state index >= 15 is 0 Å². The number of hydrogen-bond acceptors (Lipinski definition) is 5. The number of amides is 1. The number of nitrogens with one attached hydrogen (secondary N) is 1. The van der Waals surface area contributed by atoms with E-state index < -0.39 is 16.1 Å². The molecule has 1 aromatic rings. The Morgan fingerprint density at radius 2 is 2.35 bits per heavy atom. The van der Waals surface area contributed by atoms with E-state index in [0.717, 1.165) is 4.31 Å². The second-order valence-electron chi connectivity index (χ2n) is 4.29. The molecule has 0 aliphatic carbocycles. The smallest absolute Gasteiger partial charge is 0.246 e. The van der Waals surface area contributed by atoms with Crippen molar-refractivity contribution in [1.82, 2.24) is 14.6 Å². The van der Waals surface area contributed by atoms with Crippen molar-refractivity contribution >= 4 is 15.9 Å². The quantitative estimate of drug-likeness (QED) is 0.835. The summed E-state index contributed by atoms with van der Waals surface area (Å²) >= 11 is 0. The van der Waals surface area contributed by atoms with Gasteiger partial charge in [0, 0.05) is 19.3 Å². The van der Waals surface area contributed by atoms with Crippen LogP contribution in [0.15, 0.2) is 23.2 Å². The zero-order chi connectivity index (χ0) is 14.8. The number of pyridine rings is 1. The molecule has 0 bridgehead atoms. The van der Waals surface area contributed by atoms with Crippen LogP contribution in [0.3, 0.4) is 0 Å². The number of hydrogen-bond donors (Lipinski definition) is 1. The van der Waals surface area contributed by atoms with Crippen molar-refractivity contribution in [3.8, 4) is 6.07 Å². The fourth-order valence-electron chi connectivity index (χ4n) is 2.18. The van der Waals surface area contributed by atoms with Gasteiger partial charge in [-0.25, -0.2) is 13.4 Å². The molecule has 8 heteroatoms. The minimum absolute atomic E-state index is 0.157. The lowest BCUT2D eigenvalue weighted by atomic mass is 10.2. The van der Waals surface area contributed by atoms with Crippen molar-refractivity contribution in [1.29, 1.82) is 5.26 Å². The molecule has 0 radical (unpaired) electrons. The molecule has 0 saturated carbocycles. The first-order valence-electron chi connectivity index (χ1n) is 6.17. The van der Waals surface area contributed by atoms with E-state index in [2.05, 4.69) is 10.3 Å². The first-order chi connectivity index (χ1) is 9.52. The van der Waals surface area contributed by atoms with Gasteiger partial charge in [-0.3, -0.25) is 4.79 Å². The van der Waals surface area contributed by atoms with E-state index in [1.807, 2.05) is 0 Å². The van der Waals surface area contributed by atoms with Crippen molar-refractivity contribution < 1.29 is 13.2 Å². The highest BCUT2D eigenvalue weighted by atomic mass is 32.2. The predicted octanol–water partition coefficient (Wildman–Crippen LogP) is -0.148. The van der Waals surface area contributed by atoms with Gasteiger partial charge in [-0.15, -0.1) is 0 Å². The summed E-state index contributed by atoms with van der Waals surface area (Å²) in [4.78, 5) is 15.4. The van der Waals surface area contributed by atoms with Crippen LogP contribution < -0.4 is 5.32 Å². The zero-order valence-corrected chi connectivity index (χ0v) is 11.7. The second kappa shape index (κ2) is 5.56. The minimum atomic E-state index is -3.91. The Balaban J connectivity index is 2.49. The lowest BCUT2D eigenvalue weighted by Gasteiger charge is -2.33. The molecule has 1 saturated heterocycles. The minimum Gasteiger partial charge on any atom is -0.353 e. The van der Waals surface area contributed by atoms with Crippen LogP contribution in [0, 0.1) is 11.3 Å². The molecule has 1 amide bonds. The molecule has 7 nitrogen and oxygen atoms in total. The highest BCUT2D eigenvalue weighted by Gasteiger charge is 2.38. The topological polar surface area (TPSA) is 103 Å². The van der Waals surface area contributed by atoms with E-state index in [0.29, 0.717) is 6.42 Å². The van der Waals surface area contributed by atoms with Crippen LogP contribution in [0.5, 0.6) is 0 Å². The van der Waals surface area contributed by atoms with Crippen LogP contribution >= 0.6 is 0 Å². The molecular formula is C12H14N4O3S. The molecular weight excluding hydrogens is 280 g/mol. The van der Waals surface area contributed by atoms with Gasteiger partial charge in [-0.1, -0.05) is 6.92 Å². The monoisotopic (exact) mass is 294 g/mol. The Morgan fingerprint density at radius 3 is 3.00 bits per heavy atom. The van der Waals surface area contributed by atoms with Crippen molar-refractivity contribution in [2.75, 3.05) is 13.1 Å². The predicted molar refractivity (Wildman–Crippen MR) is 69.9 cm³/mol. The molecule has 1 aliphatic rings. The molecule has 1 aromatic heterocycles.